The summed E-state index contributed by atoms with van der Waals surface area (Å²) in [5, 5.41) is 0.601. The van der Waals surface area contributed by atoms with Gasteiger partial charge in [0.2, 0.25) is 0 Å². The second-order valence-corrected chi connectivity index (χ2v) is 5.91. The van der Waals surface area contributed by atoms with Crippen molar-refractivity contribution < 1.29 is 19.1 Å². The zero-order chi connectivity index (χ0) is 18.4. The monoisotopic (exact) mass is 378 g/mol. The Morgan fingerprint density at radius 1 is 1.24 bits per heavy atom. The quantitative estimate of drug-likeness (QED) is 0.289. The fourth-order valence-electron chi connectivity index (χ4n) is 2.24. The van der Waals surface area contributed by atoms with Gasteiger partial charge in [0, 0.05) is 16.1 Å². The van der Waals surface area contributed by atoms with Crippen LogP contribution < -0.4 is 9.47 Å². The molecule has 0 heterocycles. The Balaban J connectivity index is 2.46. The van der Waals surface area contributed by atoms with E-state index < -0.39 is 5.97 Å². The highest BCUT2D eigenvalue weighted by Crippen LogP contribution is 2.35. The van der Waals surface area contributed by atoms with Crippen LogP contribution in [0.3, 0.4) is 0 Å². The molecule has 0 bridgehead atoms. The molecule has 0 aliphatic heterocycles. The molecule has 0 fully saturated rings. The molecule has 6 heteroatoms. The van der Waals surface area contributed by atoms with Crippen LogP contribution in [0, 0.1) is 0 Å². The summed E-state index contributed by atoms with van der Waals surface area (Å²) < 4.78 is 11.1. The molecule has 0 atom stereocenters. The Kier molecular flexibility index (Phi) is 6.62. The average Bonchev–Trinajstić information content (AvgIpc) is 2.57. The van der Waals surface area contributed by atoms with Crippen LogP contribution in [0.15, 0.2) is 43.0 Å². The molecule has 0 saturated heterocycles. The molecule has 0 amide bonds. The van der Waals surface area contributed by atoms with E-state index in [-0.39, 0.29) is 16.3 Å². The van der Waals surface area contributed by atoms with Crippen molar-refractivity contribution in [3.8, 4) is 11.5 Å². The van der Waals surface area contributed by atoms with Gasteiger partial charge in [0.1, 0.15) is 6.29 Å². The van der Waals surface area contributed by atoms with Gasteiger partial charge in [-0.3, -0.25) is 4.79 Å². The molecule has 0 aliphatic carbocycles. The highest BCUT2D eigenvalue weighted by atomic mass is 35.5. The van der Waals surface area contributed by atoms with E-state index in [1.54, 1.807) is 25.1 Å². The Bertz CT molecular complexity index is 815. The minimum atomic E-state index is -0.646. The lowest BCUT2D eigenvalue weighted by Gasteiger charge is -2.15. The van der Waals surface area contributed by atoms with Gasteiger partial charge in [-0.05, 0) is 43.7 Å². The number of aldehydes is 1. The highest BCUT2D eigenvalue weighted by Gasteiger charge is 2.19. The van der Waals surface area contributed by atoms with Crippen LogP contribution in [-0.4, -0.2) is 18.9 Å². The third-order valence-corrected chi connectivity index (χ3v) is 3.85. The normalized spacial score (nSPS) is 10.2. The van der Waals surface area contributed by atoms with Crippen molar-refractivity contribution in [3.63, 3.8) is 0 Å². The first-order valence-electron chi connectivity index (χ1n) is 7.53. The molecular formula is C19H16Cl2O4. The molecular weight excluding hydrogens is 363 g/mol. The molecule has 2 aromatic carbocycles. The van der Waals surface area contributed by atoms with Crippen molar-refractivity contribution in [1.29, 1.82) is 0 Å². The third kappa shape index (κ3) is 4.62. The van der Waals surface area contributed by atoms with Gasteiger partial charge >= 0.3 is 5.97 Å². The first-order valence-corrected chi connectivity index (χ1v) is 8.28. The second-order valence-electron chi connectivity index (χ2n) is 5.06. The second kappa shape index (κ2) is 8.70. The Morgan fingerprint density at radius 3 is 2.60 bits per heavy atom. The first-order chi connectivity index (χ1) is 12.0. The number of benzene rings is 2. The predicted octanol–water partition coefficient (Wildman–Crippen LogP) is 5.15. The fourth-order valence-corrected chi connectivity index (χ4v) is 2.73. The summed E-state index contributed by atoms with van der Waals surface area (Å²) in [5.41, 5.74) is 1.21. The van der Waals surface area contributed by atoms with Gasteiger partial charge in [0.05, 0.1) is 17.2 Å². The lowest BCUT2D eigenvalue weighted by molar-refractivity contribution is 0.0727. The summed E-state index contributed by atoms with van der Waals surface area (Å²) >= 11 is 11.9. The van der Waals surface area contributed by atoms with Crippen LogP contribution in [0.1, 0.15) is 33.2 Å². The van der Waals surface area contributed by atoms with Crippen LogP contribution in [0.25, 0.3) is 0 Å². The van der Waals surface area contributed by atoms with Gasteiger partial charge in [-0.1, -0.05) is 29.3 Å². The lowest BCUT2D eigenvalue weighted by atomic mass is 10.1. The zero-order valence-corrected chi connectivity index (χ0v) is 15.1. The lowest BCUT2D eigenvalue weighted by Crippen LogP contribution is -2.12. The molecule has 4 nitrogen and oxygen atoms in total. The van der Waals surface area contributed by atoms with Crippen molar-refractivity contribution in [2.75, 3.05) is 6.61 Å². The molecule has 0 spiro atoms. The van der Waals surface area contributed by atoms with Crippen LogP contribution in [-0.2, 0) is 6.42 Å². The van der Waals surface area contributed by atoms with E-state index in [0.29, 0.717) is 41.2 Å². The molecule has 0 radical (unpaired) electrons. The number of hydrogen-bond donors (Lipinski definition) is 0. The number of carbonyl (C=O) groups is 2. The van der Waals surface area contributed by atoms with Crippen molar-refractivity contribution >= 4 is 35.5 Å². The Hall–Kier alpha value is -2.30. The zero-order valence-electron chi connectivity index (χ0n) is 13.6. The van der Waals surface area contributed by atoms with E-state index in [2.05, 4.69) is 6.58 Å². The average molecular weight is 379 g/mol. The van der Waals surface area contributed by atoms with Gasteiger partial charge in [-0.2, -0.15) is 0 Å². The predicted molar refractivity (Wildman–Crippen MR) is 98.3 cm³/mol. The molecule has 0 aromatic heterocycles. The van der Waals surface area contributed by atoms with Crippen molar-refractivity contribution in [1.82, 2.24) is 0 Å². The van der Waals surface area contributed by atoms with Crippen LogP contribution in [0.5, 0.6) is 11.5 Å². The molecule has 0 N–H and O–H groups in total. The Labute approximate surface area is 156 Å². The van der Waals surface area contributed by atoms with Crippen molar-refractivity contribution in [2.24, 2.45) is 0 Å². The molecule has 0 unspecified atom stereocenters. The van der Waals surface area contributed by atoms with E-state index in [1.165, 1.54) is 18.2 Å². The standard InChI is InChI=1S/C19H16Cl2O4/c1-3-5-13-8-12(11-22)9-17(24-4-2)18(13)25-19(23)15-7-6-14(20)10-16(15)21/h3,6-11H,1,4-5H2,2H3. The fraction of sp³-hybridized carbons (Fsp3) is 0.158. The number of halogens is 2. The maximum atomic E-state index is 12.5. The largest absolute Gasteiger partial charge is 0.490 e. The number of ether oxygens (including phenoxy) is 2. The summed E-state index contributed by atoms with van der Waals surface area (Å²) in [6.45, 7) is 5.83. The van der Waals surface area contributed by atoms with Gasteiger partial charge in [0.25, 0.3) is 0 Å². The number of hydrogen-bond acceptors (Lipinski definition) is 4. The molecule has 0 saturated carbocycles. The van der Waals surface area contributed by atoms with Gasteiger partial charge in [0.15, 0.2) is 11.5 Å². The molecule has 25 heavy (non-hydrogen) atoms. The molecule has 0 aliphatic rings. The van der Waals surface area contributed by atoms with Gasteiger partial charge < -0.3 is 9.47 Å². The molecule has 2 rings (SSSR count). The smallest absolute Gasteiger partial charge is 0.345 e. The van der Waals surface area contributed by atoms with Gasteiger partial charge in [-0.15, -0.1) is 6.58 Å². The first kappa shape index (κ1) is 19.0. The summed E-state index contributed by atoms with van der Waals surface area (Å²) in [4.78, 5) is 23.6. The van der Waals surface area contributed by atoms with E-state index in [1.807, 2.05) is 0 Å². The van der Waals surface area contributed by atoms with E-state index in [0.717, 1.165) is 0 Å². The number of carbonyl (C=O) groups excluding carboxylic acids is 2. The minimum absolute atomic E-state index is 0.178. The maximum absolute atomic E-state index is 12.5. The topological polar surface area (TPSA) is 52.6 Å². The number of rotatable bonds is 7. The number of allylic oxidation sites excluding steroid dienone is 1. The SMILES string of the molecule is C=CCc1cc(C=O)cc(OCC)c1OC(=O)c1ccc(Cl)cc1Cl. The molecule has 2 aromatic rings. The van der Waals surface area contributed by atoms with Crippen molar-refractivity contribution in [3.05, 3.63) is 69.7 Å². The van der Waals surface area contributed by atoms with Crippen molar-refractivity contribution in [2.45, 2.75) is 13.3 Å². The highest BCUT2D eigenvalue weighted by molar-refractivity contribution is 6.36. The van der Waals surface area contributed by atoms with Crippen LogP contribution in [0.4, 0.5) is 0 Å². The molecule has 130 valence electrons. The number of esters is 1. The summed E-state index contributed by atoms with van der Waals surface area (Å²) in [6, 6.07) is 7.65. The van der Waals surface area contributed by atoms with E-state index in [9.17, 15) is 9.59 Å². The summed E-state index contributed by atoms with van der Waals surface area (Å²) in [5.74, 6) is -0.0995. The van der Waals surface area contributed by atoms with E-state index >= 15 is 0 Å². The van der Waals surface area contributed by atoms with Gasteiger partial charge in [-0.25, -0.2) is 4.79 Å². The summed E-state index contributed by atoms with van der Waals surface area (Å²) in [7, 11) is 0. The third-order valence-electron chi connectivity index (χ3n) is 3.30. The van der Waals surface area contributed by atoms with Crippen LogP contribution in [0.2, 0.25) is 10.0 Å². The Morgan fingerprint density at radius 2 is 2.00 bits per heavy atom. The maximum Gasteiger partial charge on any atom is 0.345 e. The summed E-state index contributed by atoms with van der Waals surface area (Å²) in [6.07, 6.45) is 2.75. The van der Waals surface area contributed by atoms with E-state index in [4.69, 9.17) is 32.7 Å². The minimum Gasteiger partial charge on any atom is -0.490 e. The van der Waals surface area contributed by atoms with Crippen LogP contribution >= 0.6 is 23.2 Å².